The molecule has 0 saturated carbocycles. The van der Waals surface area contributed by atoms with E-state index in [9.17, 15) is 9.59 Å². The smallest absolute Gasteiger partial charge is 0.325 e. The average molecular weight is 364 g/mol. The highest BCUT2D eigenvalue weighted by Crippen LogP contribution is 2.19. The lowest BCUT2D eigenvalue weighted by Gasteiger charge is -2.06. The average Bonchev–Trinajstić information content (AvgIpc) is 3.07. The van der Waals surface area contributed by atoms with E-state index < -0.39 is 0 Å². The number of aromatic nitrogens is 5. The van der Waals surface area contributed by atoms with Crippen LogP contribution in [-0.2, 0) is 25.4 Å². The third-order valence-electron chi connectivity index (χ3n) is 4.76. The molecule has 0 atom stereocenters. The number of hydrogen-bond acceptors (Lipinski definition) is 4. The summed E-state index contributed by atoms with van der Waals surface area (Å²) in [4.78, 5) is 29.2. The number of hydrogen-bond donors (Lipinski definition) is 1. The standard InChI is InChI=1S/C19H20N6O2/c1-12-14-10-13(11-20-18(14)24(3)22-12)21-17(26)8-9-25-16-7-5-4-6-15(16)23(2)19(25)27/h4-7,10-11H,8-9H2,1-3H3,(H,21,26). The molecule has 0 spiro atoms. The van der Waals surface area contributed by atoms with Gasteiger partial charge in [-0.15, -0.1) is 0 Å². The molecule has 0 aliphatic heterocycles. The van der Waals surface area contributed by atoms with E-state index in [2.05, 4.69) is 15.4 Å². The van der Waals surface area contributed by atoms with Crippen LogP contribution >= 0.6 is 0 Å². The molecular formula is C19H20N6O2. The van der Waals surface area contributed by atoms with Crippen LogP contribution in [0.4, 0.5) is 5.69 Å². The zero-order chi connectivity index (χ0) is 19.1. The number of fused-ring (bicyclic) bond motifs is 2. The van der Waals surface area contributed by atoms with Crippen molar-refractivity contribution in [3.63, 3.8) is 0 Å². The number of pyridine rings is 1. The molecule has 138 valence electrons. The SMILES string of the molecule is Cc1nn(C)c2ncc(NC(=O)CCn3c(=O)n(C)c4ccccc43)cc12. The van der Waals surface area contributed by atoms with Gasteiger partial charge in [-0.3, -0.25) is 18.6 Å². The molecule has 8 nitrogen and oxygen atoms in total. The maximum absolute atomic E-state index is 12.4. The minimum Gasteiger partial charge on any atom is -0.325 e. The van der Waals surface area contributed by atoms with Gasteiger partial charge >= 0.3 is 5.69 Å². The van der Waals surface area contributed by atoms with Crippen LogP contribution in [0.15, 0.2) is 41.3 Å². The van der Waals surface area contributed by atoms with Crippen molar-refractivity contribution < 1.29 is 4.79 Å². The van der Waals surface area contributed by atoms with Crippen LogP contribution in [0.25, 0.3) is 22.1 Å². The Morgan fingerprint density at radius 1 is 1.19 bits per heavy atom. The summed E-state index contributed by atoms with van der Waals surface area (Å²) >= 11 is 0. The molecule has 1 amide bonds. The van der Waals surface area contributed by atoms with Crippen molar-refractivity contribution in [3.05, 3.63) is 52.7 Å². The summed E-state index contributed by atoms with van der Waals surface area (Å²) in [7, 11) is 3.57. The summed E-state index contributed by atoms with van der Waals surface area (Å²) in [6.07, 6.45) is 1.81. The number of nitrogens with one attached hydrogen (secondary N) is 1. The quantitative estimate of drug-likeness (QED) is 0.600. The van der Waals surface area contributed by atoms with Gasteiger partial charge in [0.25, 0.3) is 0 Å². The molecule has 4 aromatic rings. The predicted molar refractivity (Wildman–Crippen MR) is 104 cm³/mol. The van der Waals surface area contributed by atoms with Crippen LogP contribution in [0.5, 0.6) is 0 Å². The topological polar surface area (TPSA) is 86.7 Å². The normalized spacial score (nSPS) is 11.4. The van der Waals surface area contributed by atoms with E-state index in [1.54, 1.807) is 27.1 Å². The lowest BCUT2D eigenvalue weighted by atomic mass is 10.2. The minimum atomic E-state index is -0.169. The van der Waals surface area contributed by atoms with Gasteiger partial charge in [0.15, 0.2) is 5.65 Å². The molecule has 27 heavy (non-hydrogen) atoms. The van der Waals surface area contributed by atoms with Gasteiger partial charge in [0.1, 0.15) is 0 Å². The number of rotatable bonds is 4. The fourth-order valence-electron chi connectivity index (χ4n) is 3.39. The van der Waals surface area contributed by atoms with Crippen molar-refractivity contribution in [3.8, 4) is 0 Å². The number of aryl methyl sites for hydroxylation is 4. The molecule has 0 aliphatic carbocycles. The third kappa shape index (κ3) is 2.88. The summed E-state index contributed by atoms with van der Waals surface area (Å²) in [5.74, 6) is -0.169. The molecular weight excluding hydrogens is 344 g/mol. The molecule has 4 rings (SSSR count). The molecule has 1 N–H and O–H groups in total. The summed E-state index contributed by atoms with van der Waals surface area (Å²) in [5, 5.41) is 8.09. The van der Waals surface area contributed by atoms with E-state index in [-0.39, 0.29) is 18.0 Å². The second kappa shape index (κ2) is 6.39. The van der Waals surface area contributed by atoms with E-state index in [0.717, 1.165) is 27.8 Å². The molecule has 0 aliphatic rings. The lowest BCUT2D eigenvalue weighted by Crippen LogP contribution is -2.24. The maximum atomic E-state index is 12.4. The minimum absolute atomic E-state index is 0.127. The predicted octanol–water partition coefficient (Wildman–Crippen LogP) is 1.96. The highest BCUT2D eigenvalue weighted by molar-refractivity contribution is 5.93. The number of benzene rings is 1. The summed E-state index contributed by atoms with van der Waals surface area (Å²) in [5.41, 5.74) is 3.80. The second-order valence-corrected chi connectivity index (χ2v) is 6.58. The number of carbonyl (C=O) groups is 1. The Bertz CT molecular complexity index is 1230. The van der Waals surface area contributed by atoms with E-state index in [4.69, 9.17) is 0 Å². The van der Waals surface area contributed by atoms with E-state index in [1.165, 1.54) is 0 Å². The molecule has 0 unspecified atom stereocenters. The first-order chi connectivity index (χ1) is 13.0. The van der Waals surface area contributed by atoms with Crippen molar-refractivity contribution in [2.75, 3.05) is 5.32 Å². The molecule has 0 saturated heterocycles. The Morgan fingerprint density at radius 2 is 1.93 bits per heavy atom. The molecule has 3 heterocycles. The molecule has 1 aromatic carbocycles. The van der Waals surface area contributed by atoms with E-state index in [1.807, 2.05) is 44.3 Å². The van der Waals surface area contributed by atoms with Crippen molar-refractivity contribution in [2.45, 2.75) is 19.9 Å². The Labute approximate surface area is 155 Å². The van der Waals surface area contributed by atoms with Gasteiger partial charge in [-0.1, -0.05) is 12.1 Å². The van der Waals surface area contributed by atoms with Gasteiger partial charge in [-0.05, 0) is 25.1 Å². The van der Waals surface area contributed by atoms with E-state index >= 15 is 0 Å². The fraction of sp³-hybridized carbons (Fsp3) is 0.263. The Hall–Kier alpha value is -3.42. The highest BCUT2D eigenvalue weighted by atomic mass is 16.2. The summed E-state index contributed by atoms with van der Waals surface area (Å²) in [6, 6.07) is 9.42. The van der Waals surface area contributed by atoms with Gasteiger partial charge in [-0.2, -0.15) is 5.10 Å². The van der Waals surface area contributed by atoms with Gasteiger partial charge in [0.2, 0.25) is 5.91 Å². The number of nitrogens with zero attached hydrogens (tertiary/aromatic N) is 5. The first-order valence-electron chi connectivity index (χ1n) is 8.69. The largest absolute Gasteiger partial charge is 0.328 e. The van der Waals surface area contributed by atoms with Crippen LogP contribution in [0, 0.1) is 6.92 Å². The van der Waals surface area contributed by atoms with Gasteiger partial charge < -0.3 is 5.32 Å². The molecule has 0 fully saturated rings. The number of carbonyl (C=O) groups excluding carboxylic acids is 1. The van der Waals surface area contributed by atoms with Crippen LogP contribution in [-0.4, -0.2) is 29.8 Å². The zero-order valence-corrected chi connectivity index (χ0v) is 15.4. The Morgan fingerprint density at radius 3 is 2.70 bits per heavy atom. The van der Waals surface area contributed by atoms with E-state index in [0.29, 0.717) is 12.2 Å². The zero-order valence-electron chi connectivity index (χ0n) is 15.4. The maximum Gasteiger partial charge on any atom is 0.328 e. The van der Waals surface area contributed by atoms with Crippen molar-refractivity contribution in [1.82, 2.24) is 23.9 Å². The fourth-order valence-corrected chi connectivity index (χ4v) is 3.39. The lowest BCUT2D eigenvalue weighted by molar-refractivity contribution is -0.116. The monoisotopic (exact) mass is 364 g/mol. The molecule has 8 heteroatoms. The van der Waals surface area contributed by atoms with Gasteiger partial charge in [-0.25, -0.2) is 9.78 Å². The molecule has 3 aromatic heterocycles. The second-order valence-electron chi connectivity index (χ2n) is 6.58. The summed E-state index contributed by atoms with van der Waals surface area (Å²) < 4.78 is 4.93. The highest BCUT2D eigenvalue weighted by Gasteiger charge is 2.12. The Kier molecular flexibility index (Phi) is 4.02. The summed E-state index contributed by atoms with van der Waals surface area (Å²) in [6.45, 7) is 2.22. The Balaban J connectivity index is 1.52. The van der Waals surface area contributed by atoms with Crippen molar-refractivity contribution in [2.24, 2.45) is 14.1 Å². The van der Waals surface area contributed by atoms with Crippen molar-refractivity contribution >= 4 is 33.7 Å². The van der Waals surface area contributed by atoms with Crippen LogP contribution in [0.1, 0.15) is 12.1 Å². The molecule has 0 radical (unpaired) electrons. The number of anilines is 1. The first-order valence-corrected chi connectivity index (χ1v) is 8.69. The number of amides is 1. The molecule has 0 bridgehead atoms. The van der Waals surface area contributed by atoms with Crippen LogP contribution < -0.4 is 11.0 Å². The number of para-hydroxylation sites is 2. The van der Waals surface area contributed by atoms with Gasteiger partial charge in [0.05, 0.1) is 28.6 Å². The third-order valence-corrected chi connectivity index (χ3v) is 4.76. The number of imidazole rings is 1. The van der Waals surface area contributed by atoms with Crippen LogP contribution in [0.2, 0.25) is 0 Å². The van der Waals surface area contributed by atoms with Crippen molar-refractivity contribution in [1.29, 1.82) is 0 Å². The first kappa shape index (κ1) is 17.0. The van der Waals surface area contributed by atoms with Gasteiger partial charge in [0, 0.05) is 32.4 Å². The van der Waals surface area contributed by atoms with Crippen LogP contribution in [0.3, 0.4) is 0 Å².